The predicted molar refractivity (Wildman–Crippen MR) is 144 cm³/mol. The van der Waals surface area contributed by atoms with Gasteiger partial charge in [-0.05, 0) is 54.3 Å². The second-order valence-electron chi connectivity index (χ2n) is 9.75. The van der Waals surface area contributed by atoms with Crippen LogP contribution in [0.1, 0.15) is 43.3 Å². The first-order valence-electron chi connectivity index (χ1n) is 12.1. The van der Waals surface area contributed by atoms with Gasteiger partial charge >= 0.3 is 0 Å². The quantitative estimate of drug-likeness (QED) is 0.434. The highest BCUT2D eigenvalue weighted by Crippen LogP contribution is 2.30. The van der Waals surface area contributed by atoms with E-state index in [4.69, 9.17) is 0 Å². The highest BCUT2D eigenvalue weighted by atomic mass is 32.2. The Bertz CT molecular complexity index is 1350. The van der Waals surface area contributed by atoms with Gasteiger partial charge in [-0.1, -0.05) is 26.8 Å². The molecule has 0 spiro atoms. The number of hydrogen-bond donors (Lipinski definition) is 2. The van der Waals surface area contributed by atoms with E-state index in [2.05, 4.69) is 15.6 Å². The van der Waals surface area contributed by atoms with E-state index in [0.717, 1.165) is 13.7 Å². The number of Topliss-reactive ketones (excluding diaryl/α,β-unsaturated/α-hetero) is 1. The second-order valence-corrected chi connectivity index (χ2v) is 13.7. The maximum absolute atomic E-state index is 13.3. The molecular weight excluding hydrogens is 532 g/mol. The minimum atomic E-state index is -3.95. The summed E-state index contributed by atoms with van der Waals surface area (Å²) in [7, 11) is -3.95. The normalized spacial score (nSPS) is 20.1. The van der Waals surface area contributed by atoms with Crippen molar-refractivity contribution in [1.29, 1.82) is 0 Å². The van der Waals surface area contributed by atoms with Crippen LogP contribution in [0.4, 0.5) is 0 Å². The molecule has 0 unspecified atom stereocenters. The third kappa shape index (κ3) is 6.43. The van der Waals surface area contributed by atoms with Gasteiger partial charge in [-0.25, -0.2) is 13.4 Å². The first-order valence-corrected chi connectivity index (χ1v) is 15.2. The van der Waals surface area contributed by atoms with Gasteiger partial charge in [0.25, 0.3) is 15.9 Å². The minimum absolute atomic E-state index is 0.116. The predicted octanol–water partition coefficient (Wildman–Crippen LogP) is 3.29. The number of ketones is 1. The number of amides is 2. The van der Waals surface area contributed by atoms with E-state index in [1.807, 2.05) is 38.3 Å². The van der Waals surface area contributed by atoms with Crippen LogP contribution < -0.4 is 10.6 Å². The summed E-state index contributed by atoms with van der Waals surface area (Å²) in [6, 6.07) is 6.68. The largest absolute Gasteiger partial charge is 0.344 e. The summed E-state index contributed by atoms with van der Waals surface area (Å²) in [5, 5.41) is 7.48. The Morgan fingerprint density at radius 1 is 1.22 bits per heavy atom. The Balaban J connectivity index is 1.46. The molecule has 12 heteroatoms. The number of fused-ring (bicyclic) bond motifs is 1. The van der Waals surface area contributed by atoms with Crippen LogP contribution in [-0.2, 0) is 19.6 Å². The molecule has 1 aliphatic rings. The van der Waals surface area contributed by atoms with Crippen LogP contribution in [0.2, 0.25) is 0 Å². The highest BCUT2D eigenvalue weighted by Gasteiger charge is 2.37. The Hall–Kier alpha value is -2.67. The summed E-state index contributed by atoms with van der Waals surface area (Å²) in [5.74, 6) is -1.25. The standard InChI is InChI=1S/C25H30N4O5S3/c1-15(2)10-18(28-25(32)22-12-21-20(36-22)7-9-35-21)24(31)27-17-11-16(3)13-29(14-19(17)30)37(33,34)23-6-4-5-8-26-23/h4-9,12,15-18H,10-11,13-14H2,1-3H3,(H,27,31)(H,28,32)/t16-,17-,18+/m1/s1. The average Bonchev–Trinajstić information content (AvgIpc) is 3.42. The third-order valence-electron chi connectivity index (χ3n) is 6.12. The van der Waals surface area contributed by atoms with Crippen molar-refractivity contribution in [1.82, 2.24) is 19.9 Å². The van der Waals surface area contributed by atoms with Gasteiger partial charge in [0.1, 0.15) is 6.04 Å². The number of aromatic nitrogens is 1. The number of sulfonamides is 1. The maximum Gasteiger partial charge on any atom is 0.262 e. The maximum atomic E-state index is 13.3. The van der Waals surface area contributed by atoms with Crippen LogP contribution in [0.3, 0.4) is 0 Å². The Labute approximate surface area is 224 Å². The van der Waals surface area contributed by atoms with Gasteiger partial charge < -0.3 is 10.6 Å². The van der Waals surface area contributed by atoms with Crippen molar-refractivity contribution in [2.45, 2.75) is 50.7 Å². The van der Waals surface area contributed by atoms with Gasteiger partial charge in [-0.3, -0.25) is 14.4 Å². The Kier molecular flexibility index (Phi) is 8.42. The lowest BCUT2D eigenvalue weighted by Gasteiger charge is -2.23. The van der Waals surface area contributed by atoms with Crippen LogP contribution >= 0.6 is 22.7 Å². The van der Waals surface area contributed by atoms with Crippen LogP contribution in [0.15, 0.2) is 46.9 Å². The van der Waals surface area contributed by atoms with E-state index in [1.165, 1.54) is 23.6 Å². The van der Waals surface area contributed by atoms with Gasteiger partial charge in [-0.15, -0.1) is 22.7 Å². The molecule has 2 N–H and O–H groups in total. The fourth-order valence-electron chi connectivity index (χ4n) is 4.34. The van der Waals surface area contributed by atoms with E-state index < -0.39 is 33.8 Å². The number of pyridine rings is 1. The highest BCUT2D eigenvalue weighted by molar-refractivity contribution is 7.89. The molecule has 198 valence electrons. The molecule has 1 aliphatic heterocycles. The summed E-state index contributed by atoms with van der Waals surface area (Å²) in [4.78, 5) is 43.8. The topological polar surface area (TPSA) is 126 Å². The van der Waals surface area contributed by atoms with Crippen molar-refractivity contribution in [3.63, 3.8) is 0 Å². The molecule has 4 heterocycles. The van der Waals surface area contributed by atoms with E-state index in [0.29, 0.717) is 17.7 Å². The van der Waals surface area contributed by atoms with E-state index in [1.54, 1.807) is 23.5 Å². The molecule has 0 aromatic carbocycles. The second kappa shape index (κ2) is 11.4. The number of carbonyl (C=O) groups is 3. The summed E-state index contributed by atoms with van der Waals surface area (Å²) in [6.07, 6.45) is 2.08. The van der Waals surface area contributed by atoms with E-state index in [9.17, 15) is 22.8 Å². The number of carbonyl (C=O) groups excluding carboxylic acids is 3. The molecule has 0 aliphatic carbocycles. The summed E-state index contributed by atoms with van der Waals surface area (Å²) >= 11 is 2.92. The Morgan fingerprint density at radius 2 is 2.00 bits per heavy atom. The lowest BCUT2D eigenvalue weighted by molar-refractivity contribution is -0.129. The first kappa shape index (κ1) is 27.4. The summed E-state index contributed by atoms with van der Waals surface area (Å²) in [5.41, 5.74) is 0. The van der Waals surface area contributed by atoms with Crippen molar-refractivity contribution in [3.8, 4) is 0 Å². The molecule has 0 radical (unpaired) electrons. The van der Waals surface area contributed by atoms with Crippen molar-refractivity contribution in [2.75, 3.05) is 13.1 Å². The number of nitrogens with one attached hydrogen (secondary N) is 2. The minimum Gasteiger partial charge on any atom is -0.344 e. The summed E-state index contributed by atoms with van der Waals surface area (Å²) in [6.45, 7) is 5.52. The van der Waals surface area contributed by atoms with Gasteiger partial charge in [0.15, 0.2) is 10.8 Å². The van der Waals surface area contributed by atoms with Crippen molar-refractivity contribution in [2.24, 2.45) is 11.8 Å². The SMILES string of the molecule is CC(C)C[C@H](NC(=O)c1cc2sccc2s1)C(=O)N[C@@H]1C[C@@H](C)CN(S(=O)(=O)c2ccccn2)CC1=O. The zero-order chi connectivity index (χ0) is 26.7. The molecule has 0 bridgehead atoms. The fourth-order valence-corrected chi connectivity index (χ4v) is 7.81. The van der Waals surface area contributed by atoms with Crippen molar-refractivity contribution < 1.29 is 22.8 Å². The molecule has 4 rings (SSSR count). The zero-order valence-electron chi connectivity index (χ0n) is 20.8. The molecule has 37 heavy (non-hydrogen) atoms. The van der Waals surface area contributed by atoms with Gasteiger partial charge in [0, 0.05) is 22.1 Å². The number of nitrogens with zero attached hydrogens (tertiary/aromatic N) is 2. The van der Waals surface area contributed by atoms with Gasteiger partial charge in [-0.2, -0.15) is 4.31 Å². The fraction of sp³-hybridized carbons (Fsp3) is 0.440. The average molecular weight is 563 g/mol. The van der Waals surface area contributed by atoms with Crippen LogP contribution in [-0.4, -0.2) is 60.5 Å². The molecule has 1 saturated heterocycles. The van der Waals surface area contributed by atoms with Gasteiger partial charge in [0.2, 0.25) is 5.91 Å². The number of hydrogen-bond acceptors (Lipinski definition) is 8. The molecular formula is C25H30N4O5S3. The Morgan fingerprint density at radius 3 is 2.68 bits per heavy atom. The van der Waals surface area contributed by atoms with Gasteiger partial charge in [0.05, 0.1) is 17.5 Å². The van der Waals surface area contributed by atoms with Crippen molar-refractivity contribution >= 4 is 59.7 Å². The molecule has 1 fully saturated rings. The number of thiophene rings is 2. The third-order valence-corrected chi connectivity index (χ3v) is 9.94. The number of rotatable bonds is 8. The van der Waals surface area contributed by atoms with Crippen molar-refractivity contribution in [3.05, 3.63) is 46.8 Å². The molecule has 3 atom stereocenters. The van der Waals surface area contributed by atoms with E-state index >= 15 is 0 Å². The van der Waals surface area contributed by atoms with Crippen LogP contribution in [0.5, 0.6) is 0 Å². The molecule has 3 aromatic rings. The van der Waals surface area contributed by atoms with Crippen LogP contribution in [0.25, 0.3) is 9.40 Å². The van der Waals surface area contributed by atoms with Crippen LogP contribution in [0, 0.1) is 11.8 Å². The lowest BCUT2D eigenvalue weighted by Crippen LogP contribution is -2.52. The zero-order valence-corrected chi connectivity index (χ0v) is 23.3. The molecule has 9 nitrogen and oxygen atoms in total. The first-order chi connectivity index (χ1) is 17.5. The lowest BCUT2D eigenvalue weighted by atomic mass is 9.98. The molecule has 0 saturated carbocycles. The van der Waals surface area contributed by atoms with E-state index in [-0.39, 0.29) is 35.9 Å². The smallest absolute Gasteiger partial charge is 0.262 e. The monoisotopic (exact) mass is 562 g/mol. The molecule has 3 aromatic heterocycles. The molecule has 2 amide bonds. The summed E-state index contributed by atoms with van der Waals surface area (Å²) < 4.78 is 29.3.